The lowest BCUT2D eigenvalue weighted by atomic mass is 10.1. The van der Waals surface area contributed by atoms with E-state index in [0.717, 1.165) is 25.0 Å². The molecule has 2 heterocycles. The van der Waals surface area contributed by atoms with Crippen molar-refractivity contribution in [2.45, 2.75) is 19.0 Å². The Kier molecular flexibility index (Phi) is 3.48. The van der Waals surface area contributed by atoms with Crippen LogP contribution >= 0.6 is 0 Å². The van der Waals surface area contributed by atoms with Crippen molar-refractivity contribution in [2.24, 2.45) is 5.92 Å². The van der Waals surface area contributed by atoms with Crippen LogP contribution in [0, 0.1) is 5.92 Å². The fourth-order valence-corrected chi connectivity index (χ4v) is 2.56. The molecule has 0 unspecified atom stereocenters. The Morgan fingerprint density at radius 1 is 1.12 bits per heavy atom. The molecule has 0 radical (unpaired) electrons. The lowest BCUT2D eigenvalue weighted by Crippen LogP contribution is -2.14. The Hall–Kier alpha value is -2.90. The van der Waals surface area contributed by atoms with Crippen molar-refractivity contribution in [2.75, 3.05) is 5.32 Å². The Morgan fingerprint density at radius 3 is 2.48 bits per heavy atom. The first-order chi connectivity index (χ1) is 11.9. The molecular formula is C17H13F3N4O. The number of hydrogen-bond acceptors (Lipinski definition) is 3. The third-order valence-electron chi connectivity index (χ3n) is 4.05. The van der Waals surface area contributed by atoms with Crippen molar-refractivity contribution < 1.29 is 18.0 Å². The standard InChI is InChI=1S/C17H13F3N4O/c18-17(19,20)12-8-6-10(7-9-12)13-2-1-3-14-21-16(23-24(13)14)22-15(25)11-4-5-11/h1-3,6-9,11H,4-5H2,(H,22,23,25). The van der Waals surface area contributed by atoms with Crippen molar-refractivity contribution in [3.8, 4) is 11.3 Å². The van der Waals surface area contributed by atoms with E-state index >= 15 is 0 Å². The number of anilines is 1. The molecule has 0 spiro atoms. The number of carbonyl (C=O) groups is 1. The van der Waals surface area contributed by atoms with Gasteiger partial charge in [0.25, 0.3) is 0 Å². The number of carbonyl (C=O) groups excluding carboxylic acids is 1. The summed E-state index contributed by atoms with van der Waals surface area (Å²) in [7, 11) is 0. The number of halogens is 3. The van der Waals surface area contributed by atoms with Gasteiger partial charge in [0.05, 0.1) is 11.3 Å². The predicted octanol–water partition coefficient (Wildman–Crippen LogP) is 3.76. The summed E-state index contributed by atoms with van der Waals surface area (Å²) in [5, 5.41) is 6.93. The van der Waals surface area contributed by atoms with E-state index in [4.69, 9.17) is 0 Å². The normalized spacial score (nSPS) is 14.7. The number of amides is 1. The molecule has 1 aliphatic rings. The highest BCUT2D eigenvalue weighted by molar-refractivity contribution is 5.92. The first-order valence-electron chi connectivity index (χ1n) is 7.76. The van der Waals surface area contributed by atoms with Gasteiger partial charge in [0, 0.05) is 11.5 Å². The number of hydrogen-bond donors (Lipinski definition) is 1. The fourth-order valence-electron chi connectivity index (χ4n) is 2.56. The van der Waals surface area contributed by atoms with Gasteiger partial charge < -0.3 is 0 Å². The summed E-state index contributed by atoms with van der Waals surface area (Å²) in [6, 6.07) is 10.0. The smallest absolute Gasteiger partial charge is 0.293 e. The second kappa shape index (κ2) is 5.58. The average molecular weight is 346 g/mol. The zero-order chi connectivity index (χ0) is 17.6. The topological polar surface area (TPSA) is 59.3 Å². The summed E-state index contributed by atoms with van der Waals surface area (Å²) in [5.74, 6) is 0.115. The van der Waals surface area contributed by atoms with Crippen LogP contribution in [0.1, 0.15) is 18.4 Å². The minimum atomic E-state index is -4.38. The zero-order valence-electron chi connectivity index (χ0n) is 12.9. The molecule has 1 amide bonds. The van der Waals surface area contributed by atoms with Crippen LogP contribution in [-0.2, 0) is 11.0 Å². The maximum Gasteiger partial charge on any atom is 0.416 e. The van der Waals surface area contributed by atoms with Gasteiger partial charge in [-0.25, -0.2) is 4.52 Å². The maximum atomic E-state index is 12.7. The summed E-state index contributed by atoms with van der Waals surface area (Å²) < 4.78 is 39.6. The van der Waals surface area contributed by atoms with Crippen LogP contribution in [0.5, 0.6) is 0 Å². The molecule has 1 saturated carbocycles. The monoisotopic (exact) mass is 346 g/mol. The van der Waals surface area contributed by atoms with Crippen molar-refractivity contribution in [1.29, 1.82) is 0 Å². The van der Waals surface area contributed by atoms with E-state index in [-0.39, 0.29) is 17.8 Å². The van der Waals surface area contributed by atoms with Gasteiger partial charge >= 0.3 is 6.18 Å². The molecule has 1 aromatic carbocycles. The van der Waals surface area contributed by atoms with Gasteiger partial charge in [0.15, 0.2) is 5.65 Å². The summed E-state index contributed by atoms with van der Waals surface area (Å²) in [4.78, 5) is 16.1. The largest absolute Gasteiger partial charge is 0.416 e. The number of pyridine rings is 1. The highest BCUT2D eigenvalue weighted by Crippen LogP contribution is 2.32. The predicted molar refractivity (Wildman–Crippen MR) is 84.8 cm³/mol. The number of aromatic nitrogens is 3. The minimum Gasteiger partial charge on any atom is -0.293 e. The van der Waals surface area contributed by atoms with Crippen LogP contribution in [0.4, 0.5) is 19.1 Å². The van der Waals surface area contributed by atoms with E-state index in [9.17, 15) is 18.0 Å². The average Bonchev–Trinajstić information content (AvgIpc) is 3.34. The molecule has 0 aliphatic heterocycles. The quantitative estimate of drug-likeness (QED) is 0.785. The van der Waals surface area contributed by atoms with Crippen molar-refractivity contribution in [3.05, 3.63) is 48.0 Å². The zero-order valence-corrected chi connectivity index (χ0v) is 12.9. The van der Waals surface area contributed by atoms with Gasteiger partial charge in [-0.3, -0.25) is 10.1 Å². The maximum absolute atomic E-state index is 12.7. The molecule has 3 aromatic rings. The summed E-state index contributed by atoms with van der Waals surface area (Å²) in [6.07, 6.45) is -2.63. The van der Waals surface area contributed by atoms with Crippen molar-refractivity contribution in [1.82, 2.24) is 14.6 Å². The lowest BCUT2D eigenvalue weighted by Gasteiger charge is -2.08. The molecule has 8 heteroatoms. The van der Waals surface area contributed by atoms with Gasteiger partial charge in [-0.05, 0) is 37.1 Å². The summed E-state index contributed by atoms with van der Waals surface area (Å²) >= 11 is 0. The van der Waals surface area contributed by atoms with Crippen LogP contribution in [-0.4, -0.2) is 20.5 Å². The number of benzene rings is 1. The first-order valence-corrected chi connectivity index (χ1v) is 7.76. The van der Waals surface area contributed by atoms with E-state index in [1.54, 1.807) is 18.2 Å². The van der Waals surface area contributed by atoms with E-state index in [2.05, 4.69) is 15.4 Å². The molecule has 25 heavy (non-hydrogen) atoms. The van der Waals surface area contributed by atoms with Gasteiger partial charge in [-0.15, -0.1) is 5.10 Å². The molecule has 0 saturated heterocycles. The molecule has 5 nitrogen and oxygen atoms in total. The van der Waals surface area contributed by atoms with Crippen LogP contribution in [0.25, 0.3) is 16.9 Å². The molecule has 1 fully saturated rings. The number of nitrogens with one attached hydrogen (secondary N) is 1. The van der Waals surface area contributed by atoms with Crippen LogP contribution in [0.15, 0.2) is 42.5 Å². The van der Waals surface area contributed by atoms with Gasteiger partial charge in [-0.1, -0.05) is 18.2 Å². The van der Waals surface area contributed by atoms with E-state index in [1.165, 1.54) is 16.6 Å². The highest BCUT2D eigenvalue weighted by Gasteiger charge is 2.31. The first kappa shape index (κ1) is 15.6. The lowest BCUT2D eigenvalue weighted by molar-refractivity contribution is -0.137. The molecule has 1 aliphatic carbocycles. The Balaban J connectivity index is 1.69. The summed E-state index contributed by atoms with van der Waals surface area (Å²) in [5.41, 5.74) is 0.956. The fraction of sp³-hybridized carbons (Fsp3) is 0.235. The van der Waals surface area contributed by atoms with Gasteiger partial charge in [0.1, 0.15) is 0 Å². The highest BCUT2D eigenvalue weighted by atomic mass is 19.4. The van der Waals surface area contributed by atoms with Crippen LogP contribution < -0.4 is 5.32 Å². The molecule has 128 valence electrons. The molecule has 0 bridgehead atoms. The Labute approximate surface area is 140 Å². The van der Waals surface area contributed by atoms with Crippen LogP contribution in [0.3, 0.4) is 0 Å². The van der Waals surface area contributed by atoms with Crippen molar-refractivity contribution in [3.63, 3.8) is 0 Å². The van der Waals surface area contributed by atoms with E-state index < -0.39 is 11.7 Å². The van der Waals surface area contributed by atoms with E-state index in [1.807, 2.05) is 0 Å². The van der Waals surface area contributed by atoms with Gasteiger partial charge in [0.2, 0.25) is 11.9 Å². The van der Waals surface area contributed by atoms with Gasteiger partial charge in [-0.2, -0.15) is 18.2 Å². The Bertz CT molecular complexity index is 943. The minimum absolute atomic E-state index is 0.0287. The number of alkyl halides is 3. The number of fused-ring (bicyclic) bond motifs is 1. The molecular weight excluding hydrogens is 333 g/mol. The molecule has 0 atom stereocenters. The SMILES string of the molecule is O=C(Nc1nc2cccc(-c3ccc(C(F)(F)F)cc3)n2n1)C1CC1. The second-order valence-electron chi connectivity index (χ2n) is 5.96. The molecule has 1 N–H and O–H groups in total. The molecule has 2 aromatic heterocycles. The third kappa shape index (κ3) is 3.07. The third-order valence-corrected chi connectivity index (χ3v) is 4.05. The number of rotatable bonds is 3. The number of nitrogens with zero attached hydrogens (tertiary/aromatic N) is 3. The van der Waals surface area contributed by atoms with E-state index in [0.29, 0.717) is 16.9 Å². The van der Waals surface area contributed by atoms with Crippen molar-refractivity contribution >= 4 is 17.5 Å². The summed E-state index contributed by atoms with van der Waals surface area (Å²) in [6.45, 7) is 0. The Morgan fingerprint density at radius 2 is 1.84 bits per heavy atom. The molecule has 4 rings (SSSR count). The van der Waals surface area contributed by atoms with Crippen LogP contribution in [0.2, 0.25) is 0 Å². The second-order valence-corrected chi connectivity index (χ2v) is 5.96.